The zero-order valence-electron chi connectivity index (χ0n) is 18.9. The molecule has 0 saturated heterocycles. The van der Waals surface area contributed by atoms with Gasteiger partial charge in [0.2, 0.25) is 10.0 Å². The summed E-state index contributed by atoms with van der Waals surface area (Å²) >= 11 is 0. The van der Waals surface area contributed by atoms with Gasteiger partial charge in [-0.3, -0.25) is 4.99 Å². The van der Waals surface area contributed by atoms with Crippen molar-refractivity contribution >= 4 is 40.0 Å². The van der Waals surface area contributed by atoms with Crippen molar-refractivity contribution in [3.8, 4) is 5.75 Å². The van der Waals surface area contributed by atoms with E-state index in [1.54, 1.807) is 25.2 Å². The minimum Gasteiger partial charge on any atom is -0.489 e. The second-order valence-electron chi connectivity index (χ2n) is 7.04. The number of rotatable bonds is 11. The lowest BCUT2D eigenvalue weighted by Crippen LogP contribution is -2.41. The van der Waals surface area contributed by atoms with Crippen LogP contribution in [-0.2, 0) is 21.3 Å². The highest BCUT2D eigenvalue weighted by Gasteiger charge is 2.14. The average molecular weight is 577 g/mol. The van der Waals surface area contributed by atoms with Crippen molar-refractivity contribution in [1.82, 2.24) is 15.4 Å². The van der Waals surface area contributed by atoms with Crippen LogP contribution in [0.1, 0.15) is 18.1 Å². The summed E-state index contributed by atoms with van der Waals surface area (Å²) in [5.41, 5.74) is 1.91. The molecule has 32 heavy (non-hydrogen) atoms. The summed E-state index contributed by atoms with van der Waals surface area (Å²) < 4.78 is 38.1. The molecule has 2 aromatic rings. The zero-order chi connectivity index (χ0) is 22.7. The van der Waals surface area contributed by atoms with Crippen molar-refractivity contribution in [3.05, 3.63) is 59.7 Å². The predicted molar refractivity (Wildman–Crippen MR) is 138 cm³/mol. The first-order valence-corrected chi connectivity index (χ1v) is 11.6. The number of nitrogens with one attached hydrogen (secondary N) is 3. The summed E-state index contributed by atoms with van der Waals surface area (Å²) in [5, 5.41) is 6.42. The smallest absolute Gasteiger partial charge is 0.240 e. The number of hydrogen-bond acceptors (Lipinski definition) is 5. The summed E-state index contributed by atoms with van der Waals surface area (Å²) in [4.78, 5) is 4.43. The van der Waals surface area contributed by atoms with Crippen molar-refractivity contribution in [3.63, 3.8) is 0 Å². The molecule has 0 amide bonds. The van der Waals surface area contributed by atoms with Gasteiger partial charge in [0, 0.05) is 27.2 Å². The minimum absolute atomic E-state index is 0. The molecule has 178 valence electrons. The van der Waals surface area contributed by atoms with Crippen molar-refractivity contribution < 1.29 is 17.9 Å². The topological polar surface area (TPSA) is 101 Å². The lowest BCUT2D eigenvalue weighted by atomic mass is 10.2. The second kappa shape index (κ2) is 14.3. The largest absolute Gasteiger partial charge is 0.489 e. The van der Waals surface area contributed by atoms with Gasteiger partial charge in [-0.25, -0.2) is 13.1 Å². The van der Waals surface area contributed by atoms with E-state index >= 15 is 0 Å². The number of methoxy groups -OCH3 is 1. The maximum atomic E-state index is 12.4. The van der Waals surface area contributed by atoms with Gasteiger partial charge in [-0.05, 0) is 43.2 Å². The summed E-state index contributed by atoms with van der Waals surface area (Å²) in [6.45, 7) is 5.52. The summed E-state index contributed by atoms with van der Waals surface area (Å²) in [7, 11) is -0.366. The molecule has 0 aromatic heterocycles. The Hall–Kier alpha value is -1.89. The summed E-state index contributed by atoms with van der Waals surface area (Å²) in [6.07, 6.45) is -0.0636. The number of nitrogens with zero attached hydrogens (tertiary/aromatic N) is 1. The van der Waals surface area contributed by atoms with E-state index in [2.05, 4.69) is 20.3 Å². The Balaban J connectivity index is 0.00000512. The normalized spacial score (nSPS) is 12.6. The molecule has 8 nitrogen and oxygen atoms in total. The molecule has 1 unspecified atom stereocenters. The standard InChI is InChI=1S/C22H32N4O4S.HI/c1-17-8-5-6-11-21(17)30-18(2)15-24-22(23-3)25-16-19-9-7-10-20(14-19)31(27,28)26-12-13-29-4;/h5-11,14,18,26H,12-13,15-16H2,1-4H3,(H2,23,24,25);1H. The van der Waals surface area contributed by atoms with E-state index in [0.717, 1.165) is 16.9 Å². The van der Waals surface area contributed by atoms with Crippen molar-refractivity contribution in [1.29, 1.82) is 0 Å². The summed E-state index contributed by atoms with van der Waals surface area (Å²) in [5.74, 6) is 1.46. The highest BCUT2D eigenvalue weighted by Crippen LogP contribution is 2.17. The first-order chi connectivity index (χ1) is 14.9. The number of aliphatic imine (C=N–C) groups is 1. The molecule has 2 rings (SSSR count). The molecule has 0 spiro atoms. The molecule has 0 aliphatic carbocycles. The lowest BCUT2D eigenvalue weighted by Gasteiger charge is -2.19. The van der Waals surface area contributed by atoms with Crippen LogP contribution in [0.4, 0.5) is 0 Å². The number of guanidine groups is 1. The summed E-state index contributed by atoms with van der Waals surface area (Å²) in [6, 6.07) is 14.7. The van der Waals surface area contributed by atoms with Gasteiger partial charge in [0.1, 0.15) is 11.9 Å². The number of hydrogen-bond donors (Lipinski definition) is 3. The Bertz CT molecular complexity index is 970. The van der Waals surface area contributed by atoms with E-state index in [0.29, 0.717) is 25.7 Å². The minimum atomic E-state index is -3.57. The first-order valence-electron chi connectivity index (χ1n) is 10.1. The van der Waals surface area contributed by atoms with E-state index in [1.807, 2.05) is 44.2 Å². The Morgan fingerprint density at radius 1 is 1.12 bits per heavy atom. The predicted octanol–water partition coefficient (Wildman–Crippen LogP) is 2.67. The molecule has 2 aromatic carbocycles. The monoisotopic (exact) mass is 576 g/mol. The van der Waals surface area contributed by atoms with Crippen molar-refractivity contribution in [2.45, 2.75) is 31.4 Å². The van der Waals surface area contributed by atoms with Gasteiger partial charge in [0.25, 0.3) is 0 Å². The first kappa shape index (κ1) is 28.1. The van der Waals surface area contributed by atoms with Crippen LogP contribution in [0, 0.1) is 6.92 Å². The molecule has 0 bridgehead atoms. The fraction of sp³-hybridized carbons (Fsp3) is 0.409. The van der Waals surface area contributed by atoms with Gasteiger partial charge < -0.3 is 20.1 Å². The third kappa shape index (κ3) is 9.31. The Morgan fingerprint density at radius 3 is 2.56 bits per heavy atom. The second-order valence-corrected chi connectivity index (χ2v) is 8.81. The van der Waals surface area contributed by atoms with E-state index in [-0.39, 0.29) is 41.5 Å². The Morgan fingerprint density at radius 2 is 1.88 bits per heavy atom. The number of sulfonamides is 1. The Kier molecular flexibility index (Phi) is 12.6. The third-order valence-corrected chi connectivity index (χ3v) is 5.93. The maximum absolute atomic E-state index is 12.4. The highest BCUT2D eigenvalue weighted by molar-refractivity contribution is 14.0. The van der Waals surface area contributed by atoms with Crippen LogP contribution in [0.5, 0.6) is 5.75 Å². The van der Waals surface area contributed by atoms with Gasteiger partial charge in [-0.15, -0.1) is 24.0 Å². The SMILES string of the molecule is CN=C(NCc1cccc(S(=O)(=O)NCCOC)c1)NCC(C)Oc1ccccc1C.I. The van der Waals surface area contributed by atoms with Crippen LogP contribution < -0.4 is 20.1 Å². The molecule has 0 aliphatic heterocycles. The molecular weight excluding hydrogens is 543 g/mol. The van der Waals surface area contributed by atoms with E-state index in [1.165, 1.54) is 7.11 Å². The highest BCUT2D eigenvalue weighted by atomic mass is 127. The number of halogens is 1. The van der Waals surface area contributed by atoms with Gasteiger partial charge in [0.05, 0.1) is 18.0 Å². The Labute approximate surface area is 208 Å². The van der Waals surface area contributed by atoms with Gasteiger partial charge in [-0.1, -0.05) is 30.3 Å². The van der Waals surface area contributed by atoms with E-state index in [9.17, 15) is 8.42 Å². The third-order valence-electron chi connectivity index (χ3n) is 4.47. The van der Waals surface area contributed by atoms with Crippen LogP contribution in [0.2, 0.25) is 0 Å². The molecule has 1 atom stereocenters. The van der Waals surface area contributed by atoms with E-state index < -0.39 is 10.0 Å². The van der Waals surface area contributed by atoms with Crippen LogP contribution in [-0.4, -0.2) is 54.3 Å². The molecule has 0 fully saturated rings. The van der Waals surface area contributed by atoms with Crippen molar-refractivity contribution in [2.24, 2.45) is 4.99 Å². The molecular formula is C22H33IN4O4S. The van der Waals surface area contributed by atoms with Crippen molar-refractivity contribution in [2.75, 3.05) is 33.9 Å². The fourth-order valence-electron chi connectivity index (χ4n) is 2.78. The van der Waals surface area contributed by atoms with Crippen LogP contribution in [0.3, 0.4) is 0 Å². The number of para-hydroxylation sites is 1. The zero-order valence-corrected chi connectivity index (χ0v) is 22.1. The van der Waals surface area contributed by atoms with Crippen LogP contribution in [0.25, 0.3) is 0 Å². The van der Waals surface area contributed by atoms with Gasteiger partial charge in [-0.2, -0.15) is 0 Å². The number of benzene rings is 2. The lowest BCUT2D eigenvalue weighted by molar-refractivity contribution is 0.204. The molecule has 0 radical (unpaired) electrons. The molecule has 0 saturated carbocycles. The quantitative estimate of drug-likeness (QED) is 0.165. The number of aryl methyl sites for hydroxylation is 1. The molecule has 0 aliphatic rings. The number of ether oxygens (including phenoxy) is 2. The average Bonchev–Trinajstić information content (AvgIpc) is 2.76. The van der Waals surface area contributed by atoms with Gasteiger partial charge >= 0.3 is 0 Å². The molecule has 3 N–H and O–H groups in total. The van der Waals surface area contributed by atoms with E-state index in [4.69, 9.17) is 9.47 Å². The van der Waals surface area contributed by atoms with Crippen LogP contribution in [0.15, 0.2) is 58.4 Å². The molecule has 10 heteroatoms. The van der Waals surface area contributed by atoms with Gasteiger partial charge in [0.15, 0.2) is 5.96 Å². The maximum Gasteiger partial charge on any atom is 0.240 e. The molecule has 0 heterocycles. The fourth-order valence-corrected chi connectivity index (χ4v) is 3.86. The van der Waals surface area contributed by atoms with Crippen LogP contribution >= 0.6 is 24.0 Å².